The van der Waals surface area contributed by atoms with Crippen LogP contribution < -0.4 is 5.32 Å². The molecule has 1 aliphatic rings. The predicted molar refractivity (Wildman–Crippen MR) is 82.2 cm³/mol. The molecule has 1 aromatic carbocycles. The predicted octanol–water partition coefficient (Wildman–Crippen LogP) is 3.45. The Balaban J connectivity index is 1.83. The summed E-state index contributed by atoms with van der Waals surface area (Å²) < 4.78 is 13.0. The Bertz CT molecular complexity index is 404. The highest BCUT2D eigenvalue weighted by atomic mass is 19.1. The molecule has 0 spiro atoms. The van der Waals surface area contributed by atoms with Gasteiger partial charge in [0.2, 0.25) is 0 Å². The van der Waals surface area contributed by atoms with E-state index in [2.05, 4.69) is 31.1 Å². The van der Waals surface area contributed by atoms with Crippen LogP contribution in [0.15, 0.2) is 24.3 Å². The largest absolute Gasteiger partial charge is 0.310 e. The quantitative estimate of drug-likeness (QED) is 0.783. The first kappa shape index (κ1) is 15.5. The average Bonchev–Trinajstić information content (AvgIpc) is 3.11. The lowest BCUT2D eigenvalue weighted by molar-refractivity contribution is 0.293. The lowest BCUT2D eigenvalue weighted by Gasteiger charge is -2.23. The number of nitrogens with one attached hydrogen (secondary N) is 1. The Morgan fingerprint density at radius 2 is 2.00 bits per heavy atom. The second-order valence-electron chi connectivity index (χ2n) is 6.19. The zero-order valence-corrected chi connectivity index (χ0v) is 12.9. The third kappa shape index (κ3) is 4.57. The topological polar surface area (TPSA) is 15.3 Å². The van der Waals surface area contributed by atoms with Gasteiger partial charge in [-0.15, -0.1) is 0 Å². The molecular weight excluding hydrogens is 251 g/mol. The molecule has 0 heterocycles. The lowest BCUT2D eigenvalue weighted by atomic mass is 10.0. The maximum Gasteiger partial charge on any atom is 0.123 e. The van der Waals surface area contributed by atoms with Crippen LogP contribution in [0, 0.1) is 17.7 Å². The molecule has 0 saturated heterocycles. The van der Waals surface area contributed by atoms with Gasteiger partial charge < -0.3 is 10.2 Å². The summed E-state index contributed by atoms with van der Waals surface area (Å²) in [5.41, 5.74) is 1.18. The van der Waals surface area contributed by atoms with E-state index in [1.54, 1.807) is 12.1 Å². The van der Waals surface area contributed by atoms with Crippen LogP contribution in [0.5, 0.6) is 0 Å². The first-order chi connectivity index (χ1) is 9.60. The van der Waals surface area contributed by atoms with Crippen molar-refractivity contribution in [2.45, 2.75) is 32.7 Å². The fraction of sp³-hybridized carbons (Fsp3) is 0.647. The van der Waals surface area contributed by atoms with Crippen LogP contribution in [0.3, 0.4) is 0 Å². The van der Waals surface area contributed by atoms with E-state index >= 15 is 0 Å². The van der Waals surface area contributed by atoms with Gasteiger partial charge in [0.25, 0.3) is 0 Å². The fourth-order valence-electron chi connectivity index (χ4n) is 2.82. The molecule has 1 N–H and O–H groups in total. The molecule has 0 aliphatic heterocycles. The van der Waals surface area contributed by atoms with Gasteiger partial charge in [-0.3, -0.25) is 0 Å². The fourth-order valence-corrected chi connectivity index (χ4v) is 2.82. The molecule has 1 aromatic rings. The van der Waals surface area contributed by atoms with E-state index in [0.29, 0.717) is 6.04 Å². The van der Waals surface area contributed by atoms with Crippen LogP contribution in [-0.2, 0) is 0 Å². The van der Waals surface area contributed by atoms with E-state index in [9.17, 15) is 4.39 Å². The highest BCUT2D eigenvalue weighted by Crippen LogP contribution is 2.38. The summed E-state index contributed by atoms with van der Waals surface area (Å²) in [6.45, 7) is 7.68. The van der Waals surface area contributed by atoms with Crippen molar-refractivity contribution in [1.29, 1.82) is 0 Å². The van der Waals surface area contributed by atoms with E-state index in [4.69, 9.17) is 0 Å². The maximum absolute atomic E-state index is 13.0. The van der Waals surface area contributed by atoms with Crippen molar-refractivity contribution in [3.63, 3.8) is 0 Å². The zero-order chi connectivity index (χ0) is 14.5. The number of hydrogen-bond acceptors (Lipinski definition) is 2. The monoisotopic (exact) mass is 278 g/mol. The summed E-state index contributed by atoms with van der Waals surface area (Å²) in [6, 6.07) is 7.21. The van der Waals surface area contributed by atoms with Crippen LogP contribution in [0.4, 0.5) is 4.39 Å². The lowest BCUT2D eigenvalue weighted by Crippen LogP contribution is -2.28. The Morgan fingerprint density at radius 1 is 1.35 bits per heavy atom. The molecule has 3 atom stereocenters. The Hall–Kier alpha value is -0.930. The summed E-state index contributed by atoms with van der Waals surface area (Å²) in [4.78, 5) is 2.43. The van der Waals surface area contributed by atoms with Gasteiger partial charge in [-0.2, -0.15) is 0 Å². The van der Waals surface area contributed by atoms with Crippen molar-refractivity contribution >= 4 is 0 Å². The molecule has 112 valence electrons. The Labute approximate surface area is 122 Å². The standard InChI is InChI=1S/C17H27FN2/c1-4-19-17(14-5-7-16(18)8-6-14)9-10-20(3)12-15-11-13(15)2/h5-8,13,15,17,19H,4,9-12H2,1-3H3. The molecule has 3 heteroatoms. The number of halogens is 1. The smallest absolute Gasteiger partial charge is 0.123 e. The average molecular weight is 278 g/mol. The molecule has 2 nitrogen and oxygen atoms in total. The zero-order valence-electron chi connectivity index (χ0n) is 12.9. The summed E-state index contributed by atoms with van der Waals surface area (Å²) >= 11 is 0. The number of hydrogen-bond donors (Lipinski definition) is 1. The van der Waals surface area contributed by atoms with E-state index < -0.39 is 0 Å². The maximum atomic E-state index is 13.0. The molecule has 0 radical (unpaired) electrons. The first-order valence-electron chi connectivity index (χ1n) is 7.77. The van der Waals surface area contributed by atoms with Gasteiger partial charge in [0, 0.05) is 12.6 Å². The van der Waals surface area contributed by atoms with Gasteiger partial charge in [0.05, 0.1) is 0 Å². The molecule has 0 amide bonds. The van der Waals surface area contributed by atoms with Crippen molar-refractivity contribution in [1.82, 2.24) is 10.2 Å². The molecule has 1 aliphatic carbocycles. The summed E-state index contributed by atoms with van der Waals surface area (Å²) in [6.07, 6.45) is 2.45. The number of benzene rings is 1. The van der Waals surface area contributed by atoms with Crippen LogP contribution in [0.2, 0.25) is 0 Å². The van der Waals surface area contributed by atoms with Gasteiger partial charge in [-0.05, 0) is 62.5 Å². The van der Waals surface area contributed by atoms with Gasteiger partial charge in [-0.1, -0.05) is 26.0 Å². The first-order valence-corrected chi connectivity index (χ1v) is 7.77. The van der Waals surface area contributed by atoms with E-state index in [1.807, 2.05) is 12.1 Å². The van der Waals surface area contributed by atoms with Crippen molar-refractivity contribution in [2.24, 2.45) is 11.8 Å². The molecule has 2 rings (SSSR count). The minimum atomic E-state index is -0.163. The summed E-state index contributed by atoms with van der Waals surface area (Å²) in [5, 5.41) is 3.50. The van der Waals surface area contributed by atoms with E-state index in [0.717, 1.165) is 31.3 Å². The molecule has 0 aromatic heterocycles. The molecular formula is C17H27FN2. The Kier molecular flexibility index (Phi) is 5.55. The third-order valence-corrected chi connectivity index (χ3v) is 4.34. The van der Waals surface area contributed by atoms with Crippen LogP contribution >= 0.6 is 0 Å². The van der Waals surface area contributed by atoms with Crippen LogP contribution in [0.1, 0.15) is 38.3 Å². The van der Waals surface area contributed by atoms with Gasteiger partial charge >= 0.3 is 0 Å². The van der Waals surface area contributed by atoms with Gasteiger partial charge in [-0.25, -0.2) is 4.39 Å². The minimum Gasteiger partial charge on any atom is -0.310 e. The molecule has 1 saturated carbocycles. The van der Waals surface area contributed by atoms with Gasteiger partial charge in [0.1, 0.15) is 5.82 Å². The minimum absolute atomic E-state index is 0.163. The highest BCUT2D eigenvalue weighted by molar-refractivity contribution is 5.19. The Morgan fingerprint density at radius 3 is 2.55 bits per heavy atom. The van der Waals surface area contributed by atoms with E-state index in [-0.39, 0.29) is 5.82 Å². The van der Waals surface area contributed by atoms with Crippen LogP contribution in [-0.4, -0.2) is 31.6 Å². The van der Waals surface area contributed by atoms with Crippen molar-refractivity contribution in [3.8, 4) is 0 Å². The number of rotatable bonds is 8. The van der Waals surface area contributed by atoms with Crippen molar-refractivity contribution in [3.05, 3.63) is 35.6 Å². The normalized spacial score (nSPS) is 23.1. The summed E-state index contributed by atoms with van der Waals surface area (Å²) in [7, 11) is 2.21. The van der Waals surface area contributed by atoms with Gasteiger partial charge in [0.15, 0.2) is 0 Å². The third-order valence-electron chi connectivity index (χ3n) is 4.34. The molecule has 0 bridgehead atoms. The molecule has 1 fully saturated rings. The van der Waals surface area contributed by atoms with Crippen molar-refractivity contribution in [2.75, 3.05) is 26.7 Å². The highest BCUT2D eigenvalue weighted by Gasteiger charge is 2.33. The van der Waals surface area contributed by atoms with E-state index in [1.165, 1.54) is 18.5 Å². The van der Waals surface area contributed by atoms with Crippen molar-refractivity contribution < 1.29 is 4.39 Å². The van der Waals surface area contributed by atoms with Crippen LogP contribution in [0.25, 0.3) is 0 Å². The molecule has 20 heavy (non-hydrogen) atoms. The SMILES string of the molecule is CCNC(CCN(C)CC1CC1C)c1ccc(F)cc1. The molecule has 3 unspecified atom stereocenters. The summed E-state index contributed by atoms with van der Waals surface area (Å²) in [5.74, 6) is 1.66. The second kappa shape index (κ2) is 7.19. The number of nitrogens with zero attached hydrogens (tertiary/aromatic N) is 1. The second-order valence-corrected chi connectivity index (χ2v) is 6.19.